The number of nitrogens with zero attached hydrogens (tertiary/aromatic N) is 1. The second kappa shape index (κ2) is 6.52. The van der Waals surface area contributed by atoms with Gasteiger partial charge < -0.3 is 15.0 Å². The van der Waals surface area contributed by atoms with Gasteiger partial charge in [0.25, 0.3) is 0 Å². The van der Waals surface area contributed by atoms with Crippen molar-refractivity contribution in [3.8, 4) is 0 Å². The van der Waals surface area contributed by atoms with E-state index in [4.69, 9.17) is 17.0 Å². The van der Waals surface area contributed by atoms with Gasteiger partial charge in [0.2, 0.25) is 0 Å². The normalized spacial score (nSPS) is 18.2. The molecule has 0 aliphatic carbocycles. The zero-order valence-corrected chi connectivity index (χ0v) is 11.8. The minimum Gasteiger partial charge on any atom is -0.467 e. The minimum absolute atomic E-state index is 0.207. The van der Waals surface area contributed by atoms with Crippen LogP contribution in [0.5, 0.6) is 0 Å². The second-order valence-corrected chi connectivity index (χ2v) is 4.91. The number of ether oxygens (including phenoxy) is 1. The number of nitrogens with one attached hydrogen (secondary N) is 1. The van der Waals surface area contributed by atoms with Gasteiger partial charge in [0.15, 0.2) is 5.11 Å². The third-order valence-corrected chi connectivity index (χ3v) is 3.65. The number of rotatable bonds is 3. The van der Waals surface area contributed by atoms with Gasteiger partial charge in [-0.25, -0.2) is 4.79 Å². The summed E-state index contributed by atoms with van der Waals surface area (Å²) < 4.78 is 4.81. The molecule has 1 saturated heterocycles. The molecule has 1 fully saturated rings. The molecule has 0 bridgehead atoms. The molecule has 0 unspecified atom stereocenters. The summed E-state index contributed by atoms with van der Waals surface area (Å²) in [7, 11) is 1.42. The first-order chi connectivity index (χ1) is 9.22. The van der Waals surface area contributed by atoms with E-state index in [2.05, 4.69) is 5.32 Å². The van der Waals surface area contributed by atoms with Crippen LogP contribution in [0, 0.1) is 0 Å². The van der Waals surface area contributed by atoms with Gasteiger partial charge in [0, 0.05) is 13.1 Å². The lowest BCUT2D eigenvalue weighted by atomic mass is 10.2. The van der Waals surface area contributed by atoms with E-state index in [1.165, 1.54) is 12.7 Å². The average Bonchev–Trinajstić information content (AvgIpc) is 2.94. The smallest absolute Gasteiger partial charge is 0.328 e. The van der Waals surface area contributed by atoms with Crippen molar-refractivity contribution in [2.75, 3.05) is 13.7 Å². The summed E-state index contributed by atoms with van der Waals surface area (Å²) in [5, 5.41) is 3.82. The van der Waals surface area contributed by atoms with Gasteiger partial charge in [-0.1, -0.05) is 30.3 Å². The first-order valence-corrected chi connectivity index (χ1v) is 6.79. The number of thiocarbonyl (C=S) groups is 1. The number of esters is 1. The fourth-order valence-corrected chi connectivity index (χ4v) is 2.56. The van der Waals surface area contributed by atoms with Gasteiger partial charge in [-0.2, -0.15) is 0 Å². The molecular weight excluding hydrogens is 260 g/mol. The molecule has 1 N–H and O–H groups in total. The molecule has 1 heterocycles. The highest BCUT2D eigenvalue weighted by atomic mass is 32.1. The quantitative estimate of drug-likeness (QED) is 0.673. The maximum atomic E-state index is 11.7. The molecule has 1 aromatic carbocycles. The van der Waals surface area contributed by atoms with E-state index >= 15 is 0 Å². The first kappa shape index (κ1) is 13.8. The van der Waals surface area contributed by atoms with Crippen LogP contribution in [0.25, 0.3) is 0 Å². The van der Waals surface area contributed by atoms with Crippen molar-refractivity contribution in [1.29, 1.82) is 0 Å². The Labute approximate surface area is 118 Å². The average molecular weight is 278 g/mol. The van der Waals surface area contributed by atoms with E-state index in [1.54, 1.807) is 0 Å². The van der Waals surface area contributed by atoms with Crippen LogP contribution in [0.1, 0.15) is 18.4 Å². The largest absolute Gasteiger partial charge is 0.467 e. The highest BCUT2D eigenvalue weighted by Gasteiger charge is 2.32. The van der Waals surface area contributed by atoms with Crippen LogP contribution in [0.4, 0.5) is 0 Å². The Balaban J connectivity index is 1.90. The van der Waals surface area contributed by atoms with Crippen LogP contribution in [0.2, 0.25) is 0 Å². The highest BCUT2D eigenvalue weighted by molar-refractivity contribution is 7.80. The summed E-state index contributed by atoms with van der Waals surface area (Å²) in [6.45, 7) is 1.48. The van der Waals surface area contributed by atoms with Gasteiger partial charge in [-0.3, -0.25) is 0 Å². The third-order valence-electron chi connectivity index (χ3n) is 3.27. The Bertz CT molecular complexity index is 450. The summed E-state index contributed by atoms with van der Waals surface area (Å²) in [4.78, 5) is 13.6. The van der Waals surface area contributed by atoms with Gasteiger partial charge in [0.05, 0.1) is 7.11 Å². The van der Waals surface area contributed by atoms with E-state index in [9.17, 15) is 4.79 Å². The van der Waals surface area contributed by atoms with Gasteiger partial charge in [0.1, 0.15) is 6.04 Å². The van der Waals surface area contributed by atoms with Crippen molar-refractivity contribution in [1.82, 2.24) is 10.2 Å². The summed E-state index contributed by atoms with van der Waals surface area (Å²) in [6.07, 6.45) is 1.77. The Kier molecular flexibility index (Phi) is 4.74. The second-order valence-electron chi connectivity index (χ2n) is 4.52. The number of benzene rings is 1. The van der Waals surface area contributed by atoms with E-state index < -0.39 is 0 Å². The van der Waals surface area contributed by atoms with Crippen LogP contribution < -0.4 is 5.32 Å². The molecule has 1 atom stereocenters. The maximum Gasteiger partial charge on any atom is 0.328 e. The number of hydrogen-bond donors (Lipinski definition) is 1. The van der Waals surface area contributed by atoms with Crippen molar-refractivity contribution in [2.24, 2.45) is 0 Å². The lowest BCUT2D eigenvalue weighted by Gasteiger charge is -2.25. The SMILES string of the molecule is COC(=O)[C@@H]1CCCN1C(=S)NCc1ccccc1. The first-order valence-electron chi connectivity index (χ1n) is 6.38. The lowest BCUT2D eigenvalue weighted by molar-refractivity contribution is -0.144. The predicted molar refractivity (Wildman–Crippen MR) is 77.6 cm³/mol. The molecule has 4 nitrogen and oxygen atoms in total. The molecule has 5 heteroatoms. The van der Waals surface area contributed by atoms with Crippen molar-refractivity contribution < 1.29 is 9.53 Å². The Hall–Kier alpha value is -1.62. The van der Waals surface area contributed by atoms with Gasteiger partial charge in [-0.05, 0) is 30.6 Å². The van der Waals surface area contributed by atoms with Crippen LogP contribution in [0.15, 0.2) is 30.3 Å². The molecule has 2 rings (SSSR count). The summed E-state index contributed by atoms with van der Waals surface area (Å²) in [5.41, 5.74) is 1.17. The van der Waals surface area contributed by atoms with Crippen molar-refractivity contribution in [3.05, 3.63) is 35.9 Å². The summed E-state index contributed by atoms with van der Waals surface area (Å²) >= 11 is 5.36. The monoisotopic (exact) mass is 278 g/mol. The zero-order chi connectivity index (χ0) is 13.7. The highest BCUT2D eigenvalue weighted by Crippen LogP contribution is 2.18. The topological polar surface area (TPSA) is 41.6 Å². The zero-order valence-electron chi connectivity index (χ0n) is 11.0. The number of likely N-dealkylation sites (tertiary alicyclic amines) is 1. The Morgan fingerprint density at radius 1 is 1.47 bits per heavy atom. The molecule has 0 radical (unpaired) electrons. The molecule has 1 aliphatic rings. The molecule has 0 saturated carbocycles. The summed E-state index contributed by atoms with van der Waals surface area (Å²) in [6, 6.07) is 9.81. The van der Waals surface area contributed by atoms with Crippen molar-refractivity contribution in [3.63, 3.8) is 0 Å². The molecule has 1 aromatic rings. The number of methoxy groups -OCH3 is 1. The molecular formula is C14H18N2O2S. The van der Waals surface area contributed by atoms with E-state index in [0.717, 1.165) is 19.4 Å². The number of hydrogen-bond acceptors (Lipinski definition) is 3. The molecule has 0 aromatic heterocycles. The van der Waals surface area contributed by atoms with Crippen molar-refractivity contribution >= 4 is 23.3 Å². The van der Waals surface area contributed by atoms with Crippen LogP contribution in [-0.2, 0) is 16.1 Å². The van der Waals surface area contributed by atoms with E-state index in [-0.39, 0.29) is 12.0 Å². The van der Waals surface area contributed by atoms with E-state index in [1.807, 2.05) is 35.2 Å². The molecule has 0 amide bonds. The standard InChI is InChI=1S/C14H18N2O2S/c1-18-13(17)12-8-5-9-16(12)14(19)15-10-11-6-3-2-4-7-11/h2-4,6-7,12H,5,8-10H2,1H3,(H,15,19)/t12-/m0/s1. The third kappa shape index (κ3) is 3.44. The predicted octanol–water partition coefficient (Wildman–Crippen LogP) is 1.70. The fourth-order valence-electron chi connectivity index (χ4n) is 2.27. The molecule has 19 heavy (non-hydrogen) atoms. The fraction of sp³-hybridized carbons (Fsp3) is 0.429. The Morgan fingerprint density at radius 3 is 2.89 bits per heavy atom. The summed E-state index contributed by atoms with van der Waals surface area (Å²) in [5.74, 6) is -0.207. The van der Waals surface area contributed by atoms with Crippen LogP contribution in [-0.4, -0.2) is 35.7 Å². The number of carbonyl (C=O) groups excluding carboxylic acids is 1. The number of carbonyl (C=O) groups is 1. The minimum atomic E-state index is -0.235. The maximum absolute atomic E-state index is 11.7. The van der Waals surface area contributed by atoms with Crippen LogP contribution in [0.3, 0.4) is 0 Å². The van der Waals surface area contributed by atoms with Crippen molar-refractivity contribution in [2.45, 2.75) is 25.4 Å². The molecule has 0 spiro atoms. The lowest BCUT2D eigenvalue weighted by Crippen LogP contribution is -2.45. The Morgan fingerprint density at radius 2 is 2.21 bits per heavy atom. The molecule has 102 valence electrons. The van der Waals surface area contributed by atoms with E-state index in [0.29, 0.717) is 11.7 Å². The van der Waals surface area contributed by atoms with Crippen LogP contribution >= 0.6 is 12.2 Å². The van der Waals surface area contributed by atoms with Gasteiger partial charge in [-0.15, -0.1) is 0 Å². The molecule has 1 aliphatic heterocycles. The van der Waals surface area contributed by atoms with Gasteiger partial charge >= 0.3 is 5.97 Å².